The molecule has 2 N–H and O–H groups in total. The average molecular weight is 401 g/mol. The third kappa shape index (κ3) is 4.26. The number of alkyl halides is 3. The van der Waals surface area contributed by atoms with Gasteiger partial charge in [-0.05, 0) is 42.2 Å². The van der Waals surface area contributed by atoms with Crippen LogP contribution >= 0.6 is 0 Å². The Kier molecular flexibility index (Phi) is 5.25. The van der Waals surface area contributed by atoms with Crippen LogP contribution < -0.4 is 5.73 Å². The lowest BCUT2D eigenvalue weighted by molar-refractivity contribution is -0.142. The van der Waals surface area contributed by atoms with Gasteiger partial charge >= 0.3 is 6.18 Å². The van der Waals surface area contributed by atoms with Crippen LogP contribution in [0.15, 0.2) is 42.9 Å². The van der Waals surface area contributed by atoms with Crippen molar-refractivity contribution in [2.75, 3.05) is 5.73 Å². The molecule has 3 aromatic rings. The minimum atomic E-state index is -4.56. The number of aromatic nitrogens is 4. The Bertz CT molecular complexity index is 976. The molecule has 1 aliphatic carbocycles. The van der Waals surface area contributed by atoms with Crippen molar-refractivity contribution in [3.63, 3.8) is 0 Å². The molecule has 0 bridgehead atoms. The summed E-state index contributed by atoms with van der Waals surface area (Å²) in [6.07, 6.45) is 6.40. The Balaban J connectivity index is 1.73. The molecule has 0 aliphatic heterocycles. The Morgan fingerprint density at radius 1 is 1.10 bits per heavy atom. The zero-order chi connectivity index (χ0) is 20.4. The molecule has 0 spiro atoms. The van der Waals surface area contributed by atoms with Gasteiger partial charge in [-0.25, -0.2) is 9.67 Å². The Labute approximate surface area is 166 Å². The number of anilines is 1. The van der Waals surface area contributed by atoms with E-state index in [0.29, 0.717) is 17.3 Å². The highest BCUT2D eigenvalue weighted by molar-refractivity contribution is 5.59. The molecule has 0 atom stereocenters. The highest BCUT2D eigenvalue weighted by Gasteiger charge is 2.36. The number of hydrogen-bond donors (Lipinski definition) is 1. The summed E-state index contributed by atoms with van der Waals surface area (Å²) in [5.74, 6) is 0.862. The van der Waals surface area contributed by atoms with Crippen LogP contribution in [0.25, 0.3) is 16.9 Å². The maximum Gasteiger partial charge on any atom is 0.433 e. The molecule has 0 amide bonds. The Hall–Kier alpha value is -2.90. The molecule has 0 saturated heterocycles. The Morgan fingerprint density at radius 2 is 1.90 bits per heavy atom. The van der Waals surface area contributed by atoms with Gasteiger partial charge in [0, 0.05) is 18.0 Å². The van der Waals surface area contributed by atoms with Gasteiger partial charge in [-0.2, -0.15) is 18.3 Å². The van der Waals surface area contributed by atoms with Crippen molar-refractivity contribution in [1.29, 1.82) is 0 Å². The highest BCUT2D eigenvalue weighted by atomic mass is 19.4. The minimum Gasteiger partial charge on any atom is -0.383 e. The van der Waals surface area contributed by atoms with Gasteiger partial charge in [0.1, 0.15) is 11.5 Å². The van der Waals surface area contributed by atoms with E-state index in [0.717, 1.165) is 35.6 Å². The lowest BCUT2D eigenvalue weighted by Gasteiger charge is -2.22. The van der Waals surface area contributed by atoms with E-state index in [1.54, 1.807) is 24.4 Å². The number of rotatable bonds is 4. The molecule has 1 aliphatic rings. The summed E-state index contributed by atoms with van der Waals surface area (Å²) in [6.45, 7) is 0. The Morgan fingerprint density at radius 3 is 2.59 bits per heavy atom. The topological polar surface area (TPSA) is 69.6 Å². The number of hydrogen-bond acceptors (Lipinski definition) is 4. The summed E-state index contributed by atoms with van der Waals surface area (Å²) in [5, 5.41) is 4.21. The molecule has 0 radical (unpaired) electrons. The molecule has 3 aromatic heterocycles. The number of nitrogens with zero attached hydrogens (tertiary/aromatic N) is 4. The van der Waals surface area contributed by atoms with E-state index in [1.165, 1.54) is 31.7 Å². The van der Waals surface area contributed by atoms with Crippen LogP contribution in [0.1, 0.15) is 43.4 Å². The molecule has 8 heteroatoms. The van der Waals surface area contributed by atoms with E-state index in [-0.39, 0.29) is 11.4 Å². The average Bonchev–Trinajstić information content (AvgIpc) is 3.17. The van der Waals surface area contributed by atoms with Crippen LogP contribution in [0.2, 0.25) is 0 Å². The van der Waals surface area contributed by atoms with E-state index in [1.807, 2.05) is 0 Å². The van der Waals surface area contributed by atoms with Gasteiger partial charge in [-0.3, -0.25) is 4.98 Å². The van der Waals surface area contributed by atoms with Crippen molar-refractivity contribution in [2.24, 2.45) is 5.92 Å². The summed E-state index contributed by atoms with van der Waals surface area (Å²) in [6, 6.07) is 6.06. The number of nitrogen functional groups attached to an aromatic ring is 1. The van der Waals surface area contributed by atoms with Crippen LogP contribution in [-0.4, -0.2) is 19.7 Å². The normalized spacial score (nSPS) is 15.6. The van der Waals surface area contributed by atoms with E-state index in [4.69, 9.17) is 5.73 Å². The predicted octanol–water partition coefficient (Wildman–Crippen LogP) is 5.05. The van der Waals surface area contributed by atoms with Crippen molar-refractivity contribution < 1.29 is 13.2 Å². The van der Waals surface area contributed by atoms with Gasteiger partial charge in [-0.15, -0.1) is 0 Å². The summed E-state index contributed by atoms with van der Waals surface area (Å²) in [5.41, 5.74) is 6.94. The number of halogens is 3. The zero-order valence-electron chi connectivity index (χ0n) is 15.9. The van der Waals surface area contributed by atoms with Gasteiger partial charge in [-0.1, -0.05) is 32.1 Å². The van der Waals surface area contributed by atoms with Crippen LogP contribution in [0.5, 0.6) is 0 Å². The molecule has 0 aromatic carbocycles. The fourth-order valence-electron chi connectivity index (χ4n) is 3.93. The van der Waals surface area contributed by atoms with Crippen LogP contribution in [0, 0.1) is 5.92 Å². The first kappa shape index (κ1) is 19.4. The molecule has 5 nitrogen and oxygen atoms in total. The van der Waals surface area contributed by atoms with Crippen molar-refractivity contribution in [3.8, 4) is 16.9 Å². The second-order valence-corrected chi connectivity index (χ2v) is 7.51. The van der Waals surface area contributed by atoms with Crippen molar-refractivity contribution >= 4 is 5.82 Å². The van der Waals surface area contributed by atoms with Gasteiger partial charge in [0.2, 0.25) is 0 Å². The summed E-state index contributed by atoms with van der Waals surface area (Å²) < 4.78 is 42.0. The number of nitrogens with two attached hydrogens (primary N) is 1. The third-order valence-corrected chi connectivity index (χ3v) is 5.42. The second kappa shape index (κ2) is 7.85. The standard InChI is InChI=1S/C21H22F3N5/c22-21(23,24)19-11-18(15-7-4-8-26-12-15)28-29(19)17-10-16(20(25)27-13-17)9-14-5-2-1-3-6-14/h4,7-8,10-14H,1-3,5-6,9H2,(H2,25,27). The van der Waals surface area contributed by atoms with E-state index < -0.39 is 11.9 Å². The first-order chi connectivity index (χ1) is 13.9. The van der Waals surface area contributed by atoms with E-state index in [9.17, 15) is 13.2 Å². The lowest BCUT2D eigenvalue weighted by Crippen LogP contribution is -2.15. The molecule has 29 heavy (non-hydrogen) atoms. The van der Waals surface area contributed by atoms with Crippen LogP contribution in [0.4, 0.5) is 19.0 Å². The quantitative estimate of drug-likeness (QED) is 0.664. The minimum absolute atomic E-state index is 0.205. The zero-order valence-corrected chi connectivity index (χ0v) is 15.9. The monoisotopic (exact) mass is 401 g/mol. The van der Waals surface area contributed by atoms with Crippen molar-refractivity contribution in [2.45, 2.75) is 44.7 Å². The van der Waals surface area contributed by atoms with Crippen molar-refractivity contribution in [1.82, 2.24) is 19.7 Å². The summed E-state index contributed by atoms with van der Waals surface area (Å²) in [4.78, 5) is 8.13. The molecule has 3 heterocycles. The highest BCUT2D eigenvalue weighted by Crippen LogP contribution is 2.35. The first-order valence-electron chi connectivity index (χ1n) is 9.74. The van der Waals surface area contributed by atoms with E-state index >= 15 is 0 Å². The van der Waals surface area contributed by atoms with Gasteiger partial charge in [0.05, 0.1) is 17.6 Å². The van der Waals surface area contributed by atoms with Gasteiger partial charge in [0.15, 0.2) is 0 Å². The molecule has 152 valence electrons. The summed E-state index contributed by atoms with van der Waals surface area (Å²) in [7, 11) is 0. The molecular formula is C21H22F3N5. The lowest BCUT2D eigenvalue weighted by atomic mass is 9.85. The third-order valence-electron chi connectivity index (χ3n) is 5.42. The molecule has 1 saturated carbocycles. The SMILES string of the molecule is Nc1ncc(-n2nc(-c3cccnc3)cc2C(F)(F)F)cc1CC1CCCCC1. The van der Waals surface area contributed by atoms with Crippen LogP contribution in [-0.2, 0) is 12.6 Å². The van der Waals surface area contributed by atoms with E-state index in [2.05, 4.69) is 15.1 Å². The fourth-order valence-corrected chi connectivity index (χ4v) is 3.93. The molecule has 1 fully saturated rings. The molecule has 0 unspecified atom stereocenters. The molecule has 4 rings (SSSR count). The smallest absolute Gasteiger partial charge is 0.383 e. The van der Waals surface area contributed by atoms with Crippen molar-refractivity contribution in [3.05, 3.63) is 54.1 Å². The first-order valence-corrected chi connectivity index (χ1v) is 9.74. The maximum atomic E-state index is 13.7. The predicted molar refractivity (Wildman–Crippen MR) is 104 cm³/mol. The number of pyridine rings is 2. The maximum absolute atomic E-state index is 13.7. The largest absolute Gasteiger partial charge is 0.433 e. The summed E-state index contributed by atoms with van der Waals surface area (Å²) >= 11 is 0. The van der Waals surface area contributed by atoms with Gasteiger partial charge in [0.25, 0.3) is 0 Å². The van der Waals surface area contributed by atoms with Gasteiger partial charge < -0.3 is 5.73 Å². The fraction of sp³-hybridized carbons (Fsp3) is 0.381. The molecular weight excluding hydrogens is 379 g/mol. The second-order valence-electron chi connectivity index (χ2n) is 7.51. The van der Waals surface area contributed by atoms with Crippen LogP contribution in [0.3, 0.4) is 0 Å².